The first-order valence-electron chi connectivity index (χ1n) is 9.89. The third-order valence-electron chi connectivity index (χ3n) is 5.81. The lowest BCUT2D eigenvalue weighted by Gasteiger charge is -2.39. The van der Waals surface area contributed by atoms with Crippen molar-refractivity contribution in [1.29, 1.82) is 0 Å². The molecule has 2 amide bonds. The molecule has 10 heteroatoms. The number of nitrogens with zero attached hydrogens (tertiary/aromatic N) is 2. The summed E-state index contributed by atoms with van der Waals surface area (Å²) in [6.45, 7) is -0.250. The van der Waals surface area contributed by atoms with Crippen molar-refractivity contribution in [2.45, 2.75) is 43.8 Å². The van der Waals surface area contributed by atoms with Crippen molar-refractivity contribution in [3.05, 3.63) is 51.6 Å². The SMILES string of the molecule is O=C(NC1C[C@H]2CC[C@@H](C1)N2C(=O)c1c[nH]c2cnccc12)c1ccc(Cl)s1.O=CO. The van der Waals surface area contributed by atoms with Gasteiger partial charge in [0.15, 0.2) is 0 Å². The standard InChI is InChI=1S/C20H19ClN4O2S.CH2O2/c21-18-4-3-17(28-18)19(26)24-11-7-12-1-2-13(8-11)25(12)20(27)15-9-23-16-10-22-6-5-14(15)16;2-1-3/h3-6,9-13,23H,1-2,7-8H2,(H,24,26);1H,(H,2,3)/t11?,12-,13+;. The highest BCUT2D eigenvalue weighted by Gasteiger charge is 2.44. The van der Waals surface area contributed by atoms with Gasteiger partial charge in [-0.05, 0) is 43.9 Å². The van der Waals surface area contributed by atoms with Crippen LogP contribution in [0.3, 0.4) is 0 Å². The number of hydrogen-bond acceptors (Lipinski definition) is 5. The Morgan fingerprint density at radius 2 is 1.97 bits per heavy atom. The third-order valence-corrected chi connectivity index (χ3v) is 7.04. The van der Waals surface area contributed by atoms with Crippen LogP contribution in [0.2, 0.25) is 4.34 Å². The minimum Gasteiger partial charge on any atom is -0.483 e. The minimum atomic E-state index is -0.250. The molecule has 2 fully saturated rings. The molecular weight excluding hydrogens is 440 g/mol. The number of aromatic amines is 1. The van der Waals surface area contributed by atoms with Crippen LogP contribution in [0.25, 0.3) is 10.9 Å². The van der Waals surface area contributed by atoms with Gasteiger partial charge in [0, 0.05) is 35.9 Å². The molecule has 3 atom stereocenters. The summed E-state index contributed by atoms with van der Waals surface area (Å²) in [6, 6.07) is 5.78. The molecule has 0 aliphatic carbocycles. The van der Waals surface area contributed by atoms with E-state index in [-0.39, 0.29) is 36.4 Å². The van der Waals surface area contributed by atoms with Crippen LogP contribution in [-0.4, -0.2) is 56.4 Å². The molecule has 2 aliphatic heterocycles. The molecule has 31 heavy (non-hydrogen) atoms. The number of amides is 2. The number of nitrogens with one attached hydrogen (secondary N) is 2. The first-order valence-corrected chi connectivity index (χ1v) is 11.1. The summed E-state index contributed by atoms with van der Waals surface area (Å²) >= 11 is 7.22. The van der Waals surface area contributed by atoms with Gasteiger partial charge in [-0.2, -0.15) is 0 Å². The third kappa shape index (κ3) is 4.28. The summed E-state index contributed by atoms with van der Waals surface area (Å²) in [5, 5.41) is 10.9. The molecule has 162 valence electrons. The fourth-order valence-corrected chi connectivity index (χ4v) is 5.55. The number of H-pyrrole nitrogens is 1. The van der Waals surface area contributed by atoms with Crippen LogP contribution in [0.4, 0.5) is 0 Å². The van der Waals surface area contributed by atoms with Crippen LogP contribution in [0.1, 0.15) is 45.7 Å². The van der Waals surface area contributed by atoms with E-state index in [0.29, 0.717) is 14.8 Å². The Hall–Kier alpha value is -2.91. The topological polar surface area (TPSA) is 115 Å². The summed E-state index contributed by atoms with van der Waals surface area (Å²) in [4.78, 5) is 44.0. The molecule has 2 bridgehead atoms. The summed E-state index contributed by atoms with van der Waals surface area (Å²) in [5.74, 6) is -0.00929. The number of piperidine rings is 1. The normalized spacial score (nSPS) is 22.0. The van der Waals surface area contributed by atoms with Crippen LogP contribution in [0.15, 0.2) is 36.8 Å². The maximum Gasteiger partial charge on any atom is 0.290 e. The van der Waals surface area contributed by atoms with E-state index >= 15 is 0 Å². The zero-order valence-electron chi connectivity index (χ0n) is 16.5. The van der Waals surface area contributed by atoms with Gasteiger partial charge in [0.2, 0.25) is 0 Å². The molecule has 0 saturated carbocycles. The number of carbonyl (C=O) groups excluding carboxylic acids is 2. The summed E-state index contributed by atoms with van der Waals surface area (Å²) < 4.78 is 0.611. The first kappa shape index (κ1) is 21.3. The van der Waals surface area contributed by atoms with E-state index in [1.807, 2.05) is 11.0 Å². The largest absolute Gasteiger partial charge is 0.483 e. The van der Waals surface area contributed by atoms with Gasteiger partial charge in [-0.25, -0.2) is 0 Å². The lowest BCUT2D eigenvalue weighted by molar-refractivity contribution is -0.122. The lowest BCUT2D eigenvalue weighted by Crippen LogP contribution is -2.52. The fraction of sp³-hybridized carbons (Fsp3) is 0.333. The Balaban J connectivity index is 0.000000730. The zero-order valence-corrected chi connectivity index (χ0v) is 18.0. The quantitative estimate of drug-likeness (QED) is 0.517. The van der Waals surface area contributed by atoms with Gasteiger partial charge < -0.3 is 20.3 Å². The summed E-state index contributed by atoms with van der Waals surface area (Å²) in [7, 11) is 0. The Morgan fingerprint density at radius 3 is 2.61 bits per heavy atom. The zero-order chi connectivity index (χ0) is 22.0. The van der Waals surface area contributed by atoms with Crippen LogP contribution < -0.4 is 5.32 Å². The van der Waals surface area contributed by atoms with Crippen molar-refractivity contribution in [2.24, 2.45) is 0 Å². The number of fused-ring (bicyclic) bond motifs is 3. The molecule has 0 aromatic carbocycles. The molecule has 1 unspecified atom stereocenters. The van der Waals surface area contributed by atoms with Gasteiger partial charge in [0.25, 0.3) is 18.3 Å². The van der Waals surface area contributed by atoms with E-state index in [1.165, 1.54) is 11.3 Å². The maximum absolute atomic E-state index is 13.3. The fourth-order valence-electron chi connectivity index (χ4n) is 4.61. The van der Waals surface area contributed by atoms with Gasteiger partial charge in [-0.1, -0.05) is 11.6 Å². The number of carboxylic acid groups (broad SMARTS) is 1. The number of hydrogen-bond donors (Lipinski definition) is 3. The minimum absolute atomic E-state index is 0.0692. The van der Waals surface area contributed by atoms with Crippen LogP contribution in [-0.2, 0) is 4.79 Å². The average Bonchev–Trinajstić information content (AvgIpc) is 3.44. The van der Waals surface area contributed by atoms with Gasteiger partial charge in [0.1, 0.15) is 0 Å². The monoisotopic (exact) mass is 460 g/mol. The van der Waals surface area contributed by atoms with E-state index < -0.39 is 0 Å². The summed E-state index contributed by atoms with van der Waals surface area (Å²) in [5.41, 5.74) is 1.57. The van der Waals surface area contributed by atoms with Gasteiger partial charge in [-0.15, -0.1) is 11.3 Å². The molecule has 5 heterocycles. The molecule has 0 spiro atoms. The molecular formula is C21H21ClN4O4S. The number of carbonyl (C=O) groups is 3. The Kier molecular flexibility index (Phi) is 6.24. The second-order valence-electron chi connectivity index (χ2n) is 7.57. The van der Waals surface area contributed by atoms with Gasteiger partial charge in [0.05, 0.1) is 26.5 Å². The van der Waals surface area contributed by atoms with Gasteiger partial charge >= 0.3 is 0 Å². The smallest absolute Gasteiger partial charge is 0.290 e. The van der Waals surface area contributed by atoms with Crippen LogP contribution in [0.5, 0.6) is 0 Å². The predicted octanol–water partition coefficient (Wildman–Crippen LogP) is 3.54. The highest BCUT2D eigenvalue weighted by Crippen LogP contribution is 2.37. The highest BCUT2D eigenvalue weighted by molar-refractivity contribution is 7.18. The van der Waals surface area contributed by atoms with Crippen molar-refractivity contribution in [1.82, 2.24) is 20.2 Å². The second kappa shape index (κ2) is 9.07. The molecule has 3 aromatic heterocycles. The van der Waals surface area contributed by atoms with Crippen molar-refractivity contribution in [2.75, 3.05) is 0 Å². The van der Waals surface area contributed by atoms with E-state index in [4.69, 9.17) is 21.5 Å². The number of aromatic nitrogens is 2. The van der Waals surface area contributed by atoms with Crippen molar-refractivity contribution in [3.8, 4) is 0 Å². The van der Waals surface area contributed by atoms with E-state index in [2.05, 4.69) is 15.3 Å². The van der Waals surface area contributed by atoms with E-state index in [1.54, 1.807) is 30.7 Å². The predicted molar refractivity (Wildman–Crippen MR) is 118 cm³/mol. The number of pyridine rings is 1. The first-order chi connectivity index (χ1) is 15.0. The van der Waals surface area contributed by atoms with Crippen molar-refractivity contribution < 1.29 is 19.5 Å². The van der Waals surface area contributed by atoms with Gasteiger partial charge in [-0.3, -0.25) is 19.4 Å². The molecule has 8 nitrogen and oxygen atoms in total. The molecule has 2 aliphatic rings. The Labute approximate surface area is 187 Å². The molecule has 5 rings (SSSR count). The van der Waals surface area contributed by atoms with Crippen molar-refractivity contribution >= 4 is 52.1 Å². The van der Waals surface area contributed by atoms with E-state index in [0.717, 1.165) is 36.6 Å². The Morgan fingerprint density at radius 1 is 1.26 bits per heavy atom. The molecule has 0 radical (unpaired) electrons. The number of rotatable bonds is 3. The van der Waals surface area contributed by atoms with Crippen LogP contribution >= 0.6 is 22.9 Å². The lowest BCUT2D eigenvalue weighted by atomic mass is 9.96. The van der Waals surface area contributed by atoms with E-state index in [9.17, 15) is 9.59 Å². The molecule has 3 aromatic rings. The van der Waals surface area contributed by atoms with Crippen molar-refractivity contribution in [3.63, 3.8) is 0 Å². The molecule has 2 saturated heterocycles. The Bertz CT molecular complexity index is 1100. The number of thiophene rings is 1. The maximum atomic E-state index is 13.3. The summed E-state index contributed by atoms with van der Waals surface area (Å²) in [6.07, 6.45) is 8.77. The van der Waals surface area contributed by atoms with Crippen LogP contribution in [0, 0.1) is 0 Å². The highest BCUT2D eigenvalue weighted by atomic mass is 35.5. The average molecular weight is 461 g/mol. The number of halogens is 1. The molecule has 3 N–H and O–H groups in total. The second-order valence-corrected chi connectivity index (χ2v) is 9.29.